The summed E-state index contributed by atoms with van der Waals surface area (Å²) in [6.45, 7) is 2.67. The summed E-state index contributed by atoms with van der Waals surface area (Å²) in [6, 6.07) is 6.62. The molecule has 1 aliphatic rings. The molecule has 1 aromatic carbocycles. The molecule has 6 nitrogen and oxygen atoms in total. The number of benzene rings is 1. The molecule has 1 aromatic rings. The summed E-state index contributed by atoms with van der Waals surface area (Å²) in [5.74, 6) is -1.000. The maximum atomic E-state index is 12.2. The topological polar surface area (TPSA) is 78.9 Å². The lowest BCUT2D eigenvalue weighted by Crippen LogP contribution is -2.46. The van der Waals surface area contributed by atoms with Crippen LogP contribution in [0.2, 0.25) is 0 Å². The number of carbonyl (C=O) groups is 2. The minimum absolute atomic E-state index is 0.226. The van der Waals surface area contributed by atoms with Crippen LogP contribution in [-0.4, -0.2) is 47.8 Å². The van der Waals surface area contributed by atoms with Gasteiger partial charge in [-0.1, -0.05) is 29.8 Å². The fourth-order valence-electron chi connectivity index (χ4n) is 2.41. The second-order valence-electron chi connectivity index (χ2n) is 5.24. The van der Waals surface area contributed by atoms with E-state index in [1.807, 2.05) is 31.2 Å². The number of carboxylic acids is 1. The van der Waals surface area contributed by atoms with Gasteiger partial charge in [-0.2, -0.15) is 0 Å². The SMILES string of the molecule is COC1CC(C(=O)O)N(C(=O)NCc2ccc(C)cc2)C1. The molecule has 2 N–H and O–H groups in total. The van der Waals surface area contributed by atoms with E-state index in [0.717, 1.165) is 11.1 Å². The molecule has 114 valence electrons. The molecule has 2 amide bonds. The van der Waals surface area contributed by atoms with E-state index in [4.69, 9.17) is 4.74 Å². The average Bonchev–Trinajstić information content (AvgIpc) is 2.91. The highest BCUT2D eigenvalue weighted by atomic mass is 16.5. The highest BCUT2D eigenvalue weighted by molar-refractivity contribution is 5.83. The van der Waals surface area contributed by atoms with Crippen molar-refractivity contribution in [2.75, 3.05) is 13.7 Å². The summed E-state index contributed by atoms with van der Waals surface area (Å²) in [4.78, 5) is 24.7. The number of hydrogen-bond acceptors (Lipinski definition) is 3. The first-order valence-corrected chi connectivity index (χ1v) is 6.87. The molecule has 1 heterocycles. The van der Waals surface area contributed by atoms with E-state index in [2.05, 4.69) is 5.32 Å². The van der Waals surface area contributed by atoms with Gasteiger partial charge in [0.2, 0.25) is 0 Å². The van der Waals surface area contributed by atoms with Crippen LogP contribution in [0.5, 0.6) is 0 Å². The van der Waals surface area contributed by atoms with Crippen LogP contribution >= 0.6 is 0 Å². The second kappa shape index (κ2) is 6.58. The summed E-state index contributed by atoms with van der Waals surface area (Å²) in [5.41, 5.74) is 2.13. The Morgan fingerprint density at radius 3 is 2.62 bits per heavy atom. The Bertz CT molecular complexity index is 515. The van der Waals surface area contributed by atoms with Gasteiger partial charge in [-0.15, -0.1) is 0 Å². The molecule has 0 aromatic heterocycles. The quantitative estimate of drug-likeness (QED) is 0.878. The predicted octanol–water partition coefficient (Wildman–Crippen LogP) is 1.38. The van der Waals surface area contributed by atoms with E-state index in [1.54, 1.807) is 0 Å². The summed E-state index contributed by atoms with van der Waals surface area (Å²) in [6.07, 6.45) is 0.0975. The molecule has 1 aliphatic heterocycles. The van der Waals surface area contributed by atoms with Gasteiger partial charge in [-0.25, -0.2) is 9.59 Å². The Balaban J connectivity index is 1.95. The Morgan fingerprint density at radius 2 is 2.05 bits per heavy atom. The van der Waals surface area contributed by atoms with E-state index >= 15 is 0 Å². The van der Waals surface area contributed by atoms with Gasteiger partial charge >= 0.3 is 12.0 Å². The van der Waals surface area contributed by atoms with Crippen LogP contribution in [0, 0.1) is 6.92 Å². The standard InChI is InChI=1S/C15H20N2O4/c1-10-3-5-11(6-4-10)8-16-15(20)17-9-12(21-2)7-13(17)14(18)19/h3-6,12-13H,7-9H2,1-2H3,(H,16,20)(H,18,19). The first kappa shape index (κ1) is 15.3. The summed E-state index contributed by atoms with van der Waals surface area (Å²) >= 11 is 0. The van der Waals surface area contributed by atoms with Gasteiger partial charge in [0, 0.05) is 26.6 Å². The normalized spacial score (nSPS) is 21.3. The zero-order valence-electron chi connectivity index (χ0n) is 12.2. The number of methoxy groups -OCH3 is 1. The van der Waals surface area contributed by atoms with Gasteiger partial charge in [0.15, 0.2) is 0 Å². The monoisotopic (exact) mass is 292 g/mol. The van der Waals surface area contributed by atoms with Crippen LogP contribution in [0.15, 0.2) is 24.3 Å². The highest BCUT2D eigenvalue weighted by Crippen LogP contribution is 2.20. The van der Waals surface area contributed by atoms with E-state index in [0.29, 0.717) is 19.5 Å². The molecule has 21 heavy (non-hydrogen) atoms. The van der Waals surface area contributed by atoms with Gasteiger partial charge in [-0.05, 0) is 12.5 Å². The Kier molecular flexibility index (Phi) is 4.80. The van der Waals surface area contributed by atoms with Crippen molar-refractivity contribution >= 4 is 12.0 Å². The van der Waals surface area contributed by atoms with E-state index in [-0.39, 0.29) is 12.1 Å². The van der Waals surface area contributed by atoms with Crippen molar-refractivity contribution in [3.05, 3.63) is 35.4 Å². The number of hydrogen-bond donors (Lipinski definition) is 2. The minimum atomic E-state index is -1.000. The minimum Gasteiger partial charge on any atom is -0.480 e. The van der Waals surface area contributed by atoms with Crippen molar-refractivity contribution in [3.63, 3.8) is 0 Å². The van der Waals surface area contributed by atoms with Crippen molar-refractivity contribution in [1.29, 1.82) is 0 Å². The number of amides is 2. The number of aliphatic carboxylic acids is 1. The van der Waals surface area contributed by atoms with Gasteiger partial charge in [0.1, 0.15) is 6.04 Å². The van der Waals surface area contributed by atoms with Crippen LogP contribution in [0.1, 0.15) is 17.5 Å². The second-order valence-corrected chi connectivity index (χ2v) is 5.24. The molecule has 2 atom stereocenters. The fourth-order valence-corrected chi connectivity index (χ4v) is 2.41. The van der Waals surface area contributed by atoms with Crippen molar-refractivity contribution in [2.45, 2.75) is 32.0 Å². The molecule has 0 spiro atoms. The van der Waals surface area contributed by atoms with Gasteiger partial charge in [0.25, 0.3) is 0 Å². The lowest BCUT2D eigenvalue weighted by atomic mass is 10.1. The number of carbonyl (C=O) groups excluding carboxylic acids is 1. The van der Waals surface area contributed by atoms with Crippen LogP contribution < -0.4 is 5.32 Å². The Hall–Kier alpha value is -2.08. The zero-order valence-corrected chi connectivity index (χ0v) is 12.2. The number of rotatable bonds is 4. The van der Waals surface area contributed by atoms with Gasteiger partial charge in [0.05, 0.1) is 6.10 Å². The summed E-state index contributed by atoms with van der Waals surface area (Å²) in [5, 5.41) is 11.9. The van der Waals surface area contributed by atoms with Crippen molar-refractivity contribution < 1.29 is 19.4 Å². The van der Waals surface area contributed by atoms with Crippen LogP contribution in [0.3, 0.4) is 0 Å². The van der Waals surface area contributed by atoms with Crippen molar-refractivity contribution in [1.82, 2.24) is 10.2 Å². The van der Waals surface area contributed by atoms with E-state index in [9.17, 15) is 14.7 Å². The third-order valence-electron chi connectivity index (χ3n) is 3.71. The number of nitrogens with zero attached hydrogens (tertiary/aromatic N) is 1. The van der Waals surface area contributed by atoms with E-state index in [1.165, 1.54) is 12.0 Å². The highest BCUT2D eigenvalue weighted by Gasteiger charge is 2.39. The molecule has 0 aliphatic carbocycles. The smallest absolute Gasteiger partial charge is 0.326 e. The number of aryl methyl sites for hydroxylation is 1. The first-order valence-electron chi connectivity index (χ1n) is 6.87. The molecule has 2 rings (SSSR count). The third kappa shape index (κ3) is 3.72. The zero-order chi connectivity index (χ0) is 15.4. The Labute approximate surface area is 123 Å². The predicted molar refractivity (Wildman–Crippen MR) is 77.0 cm³/mol. The molecule has 0 radical (unpaired) electrons. The molecule has 0 bridgehead atoms. The number of nitrogens with one attached hydrogen (secondary N) is 1. The van der Waals surface area contributed by atoms with Crippen LogP contribution in [0.4, 0.5) is 4.79 Å². The van der Waals surface area contributed by atoms with Crippen LogP contribution in [0.25, 0.3) is 0 Å². The molecule has 0 saturated carbocycles. The molecule has 1 fully saturated rings. The summed E-state index contributed by atoms with van der Waals surface area (Å²) in [7, 11) is 1.53. The van der Waals surface area contributed by atoms with E-state index < -0.39 is 12.0 Å². The first-order chi connectivity index (χ1) is 10.0. The molecular weight excluding hydrogens is 272 g/mol. The third-order valence-corrected chi connectivity index (χ3v) is 3.71. The fraction of sp³-hybridized carbons (Fsp3) is 0.467. The molecule has 6 heteroatoms. The lowest BCUT2D eigenvalue weighted by Gasteiger charge is -2.21. The van der Waals surface area contributed by atoms with Gasteiger partial charge in [-0.3, -0.25) is 0 Å². The van der Waals surface area contributed by atoms with Crippen molar-refractivity contribution in [3.8, 4) is 0 Å². The van der Waals surface area contributed by atoms with Crippen LogP contribution in [-0.2, 0) is 16.1 Å². The number of carboxylic acid groups (broad SMARTS) is 1. The number of ether oxygens (including phenoxy) is 1. The lowest BCUT2D eigenvalue weighted by molar-refractivity contribution is -0.141. The molecule has 1 saturated heterocycles. The van der Waals surface area contributed by atoms with Crippen molar-refractivity contribution in [2.24, 2.45) is 0 Å². The van der Waals surface area contributed by atoms with Gasteiger partial charge < -0.3 is 20.1 Å². The maximum absolute atomic E-state index is 12.2. The average molecular weight is 292 g/mol. The number of urea groups is 1. The largest absolute Gasteiger partial charge is 0.480 e. The summed E-state index contributed by atoms with van der Waals surface area (Å²) < 4.78 is 5.16. The molecule has 2 unspecified atom stereocenters. The Morgan fingerprint density at radius 1 is 1.38 bits per heavy atom. The molecular formula is C15H20N2O4. The number of likely N-dealkylation sites (tertiary alicyclic amines) is 1. The maximum Gasteiger partial charge on any atom is 0.326 e.